The zero-order valence-corrected chi connectivity index (χ0v) is 15.7. The number of likely N-dealkylation sites (N-methyl/N-ethyl adjacent to an activating group) is 1. The van der Waals surface area contributed by atoms with Gasteiger partial charge in [0.1, 0.15) is 13.2 Å². The van der Waals surface area contributed by atoms with E-state index in [1.54, 1.807) is 43.3 Å². The number of benzene rings is 2. The maximum absolute atomic E-state index is 12.8. The molecule has 0 bridgehead atoms. The standard InChI is InChI=1S/C20H21F2N3O3/c1-13(14-8-6-9-15(11-14)19(21)22)28-24-12-16-7-4-5-10-17(16)18(25-27-3)20(26)23-2/h4-13,19H,1-3H3,(H,23,26)/b24-12+,25-18-. The van der Waals surface area contributed by atoms with Gasteiger partial charge in [-0.15, -0.1) is 0 Å². The van der Waals surface area contributed by atoms with Crippen molar-refractivity contribution in [3.05, 3.63) is 70.8 Å². The number of oxime groups is 2. The molecule has 1 amide bonds. The van der Waals surface area contributed by atoms with Crippen LogP contribution in [-0.2, 0) is 14.5 Å². The van der Waals surface area contributed by atoms with Crippen molar-refractivity contribution >= 4 is 17.8 Å². The molecule has 2 aromatic rings. The maximum Gasteiger partial charge on any atom is 0.273 e. The third-order valence-electron chi connectivity index (χ3n) is 3.88. The summed E-state index contributed by atoms with van der Waals surface area (Å²) in [5.74, 6) is -0.416. The van der Waals surface area contributed by atoms with Crippen molar-refractivity contribution in [3.63, 3.8) is 0 Å². The zero-order chi connectivity index (χ0) is 20.5. The first-order valence-corrected chi connectivity index (χ1v) is 8.47. The third kappa shape index (κ3) is 5.35. The van der Waals surface area contributed by atoms with Crippen LogP contribution in [0.3, 0.4) is 0 Å². The summed E-state index contributed by atoms with van der Waals surface area (Å²) in [5, 5.41) is 10.2. The highest BCUT2D eigenvalue weighted by Crippen LogP contribution is 2.24. The van der Waals surface area contributed by atoms with Crippen LogP contribution in [0.5, 0.6) is 0 Å². The van der Waals surface area contributed by atoms with Crippen LogP contribution in [0.25, 0.3) is 0 Å². The van der Waals surface area contributed by atoms with Crippen molar-refractivity contribution in [1.29, 1.82) is 0 Å². The molecule has 1 unspecified atom stereocenters. The first kappa shape index (κ1) is 21.0. The van der Waals surface area contributed by atoms with Crippen LogP contribution < -0.4 is 5.32 Å². The Hall–Kier alpha value is -3.29. The van der Waals surface area contributed by atoms with Crippen molar-refractivity contribution in [3.8, 4) is 0 Å². The van der Waals surface area contributed by atoms with Crippen molar-refractivity contribution in [2.45, 2.75) is 19.5 Å². The predicted octanol–water partition coefficient (Wildman–Crippen LogP) is 3.83. The van der Waals surface area contributed by atoms with E-state index in [1.807, 2.05) is 0 Å². The van der Waals surface area contributed by atoms with Gasteiger partial charge >= 0.3 is 0 Å². The lowest BCUT2D eigenvalue weighted by Gasteiger charge is -2.12. The number of nitrogens with one attached hydrogen (secondary N) is 1. The minimum Gasteiger partial charge on any atom is -0.398 e. The Bertz CT molecular complexity index is 869. The fourth-order valence-corrected chi connectivity index (χ4v) is 2.43. The third-order valence-corrected chi connectivity index (χ3v) is 3.88. The van der Waals surface area contributed by atoms with Crippen LogP contribution >= 0.6 is 0 Å². The first-order valence-electron chi connectivity index (χ1n) is 8.47. The summed E-state index contributed by atoms with van der Waals surface area (Å²) in [6.07, 6.45) is -1.66. The van der Waals surface area contributed by atoms with Gasteiger partial charge in [-0.2, -0.15) is 0 Å². The van der Waals surface area contributed by atoms with Gasteiger partial charge in [-0.3, -0.25) is 4.79 Å². The molecule has 0 radical (unpaired) electrons. The number of halogens is 2. The molecule has 0 aliphatic rings. The number of amides is 1. The summed E-state index contributed by atoms with van der Waals surface area (Å²) in [4.78, 5) is 22.2. The van der Waals surface area contributed by atoms with E-state index in [2.05, 4.69) is 15.6 Å². The molecule has 0 heterocycles. The van der Waals surface area contributed by atoms with Crippen molar-refractivity contribution in [2.75, 3.05) is 14.2 Å². The Morgan fingerprint density at radius 1 is 1.14 bits per heavy atom. The van der Waals surface area contributed by atoms with Crippen LogP contribution in [0.15, 0.2) is 58.8 Å². The van der Waals surface area contributed by atoms with Crippen LogP contribution in [0.2, 0.25) is 0 Å². The van der Waals surface area contributed by atoms with E-state index in [0.29, 0.717) is 16.7 Å². The minimum absolute atomic E-state index is 0.0757. The number of alkyl halides is 2. The van der Waals surface area contributed by atoms with E-state index in [9.17, 15) is 13.6 Å². The van der Waals surface area contributed by atoms with Gasteiger partial charge in [0.2, 0.25) is 0 Å². The lowest BCUT2D eigenvalue weighted by atomic mass is 10.0. The van der Waals surface area contributed by atoms with Crippen molar-refractivity contribution < 1.29 is 23.3 Å². The van der Waals surface area contributed by atoms with E-state index in [-0.39, 0.29) is 11.3 Å². The van der Waals surface area contributed by atoms with Crippen LogP contribution in [0.4, 0.5) is 8.78 Å². The van der Waals surface area contributed by atoms with Gasteiger partial charge in [0, 0.05) is 23.7 Å². The molecule has 148 valence electrons. The summed E-state index contributed by atoms with van der Waals surface area (Å²) in [6.45, 7) is 1.70. The Morgan fingerprint density at radius 2 is 1.86 bits per heavy atom. The Balaban J connectivity index is 2.20. The van der Waals surface area contributed by atoms with Crippen molar-refractivity contribution in [1.82, 2.24) is 5.32 Å². The lowest BCUT2D eigenvalue weighted by molar-refractivity contribution is -0.114. The molecule has 2 aromatic carbocycles. The quantitative estimate of drug-likeness (QED) is 0.551. The van der Waals surface area contributed by atoms with Crippen molar-refractivity contribution in [2.24, 2.45) is 10.3 Å². The molecule has 0 aliphatic heterocycles. The molecule has 0 saturated heterocycles. The molecule has 8 heteroatoms. The summed E-state index contributed by atoms with van der Waals surface area (Å²) in [5.41, 5.74) is 1.67. The molecule has 0 aliphatic carbocycles. The number of rotatable bonds is 8. The molecule has 0 spiro atoms. The average Bonchev–Trinajstić information content (AvgIpc) is 2.72. The van der Waals surface area contributed by atoms with E-state index in [0.717, 1.165) is 0 Å². The van der Waals surface area contributed by atoms with E-state index >= 15 is 0 Å². The second kappa shape index (κ2) is 10.1. The molecule has 2 rings (SSSR count). The average molecular weight is 389 g/mol. The highest BCUT2D eigenvalue weighted by molar-refractivity contribution is 6.46. The van der Waals surface area contributed by atoms with Crippen LogP contribution in [0.1, 0.15) is 41.7 Å². The topological polar surface area (TPSA) is 72.3 Å². The fraction of sp³-hybridized carbons (Fsp3) is 0.250. The monoisotopic (exact) mass is 389 g/mol. The van der Waals surface area contributed by atoms with E-state index in [1.165, 1.54) is 32.5 Å². The molecule has 6 nitrogen and oxygen atoms in total. The minimum atomic E-state index is -2.55. The van der Waals surface area contributed by atoms with Gasteiger partial charge in [0.05, 0.1) is 6.21 Å². The molecule has 1 atom stereocenters. The molecular weight excluding hydrogens is 368 g/mol. The molecule has 0 saturated carbocycles. The predicted molar refractivity (Wildman–Crippen MR) is 103 cm³/mol. The first-order chi connectivity index (χ1) is 13.5. The summed E-state index contributed by atoms with van der Waals surface area (Å²) >= 11 is 0. The summed E-state index contributed by atoms with van der Waals surface area (Å²) < 4.78 is 25.7. The second-order valence-electron chi connectivity index (χ2n) is 5.74. The highest BCUT2D eigenvalue weighted by atomic mass is 19.3. The fourth-order valence-electron chi connectivity index (χ4n) is 2.43. The van der Waals surface area contributed by atoms with Gasteiger partial charge in [0.25, 0.3) is 12.3 Å². The normalized spacial score (nSPS) is 12.9. The van der Waals surface area contributed by atoms with Crippen LogP contribution in [-0.4, -0.2) is 32.0 Å². The molecule has 1 N–H and O–H groups in total. The Kier molecular flexibility index (Phi) is 7.62. The lowest BCUT2D eigenvalue weighted by Crippen LogP contribution is -2.29. The summed E-state index contributed by atoms with van der Waals surface area (Å²) in [7, 11) is 2.83. The largest absolute Gasteiger partial charge is 0.398 e. The number of hydrogen-bond donors (Lipinski definition) is 1. The number of carbonyl (C=O) groups is 1. The van der Waals surface area contributed by atoms with E-state index < -0.39 is 18.4 Å². The Labute approximate surface area is 161 Å². The Morgan fingerprint density at radius 3 is 2.54 bits per heavy atom. The van der Waals surface area contributed by atoms with Gasteiger partial charge < -0.3 is 15.0 Å². The molecule has 0 fully saturated rings. The number of hydrogen-bond acceptors (Lipinski definition) is 5. The molecule has 28 heavy (non-hydrogen) atoms. The molecule has 0 aromatic heterocycles. The van der Waals surface area contributed by atoms with E-state index in [4.69, 9.17) is 9.68 Å². The zero-order valence-electron chi connectivity index (χ0n) is 15.7. The number of nitrogens with zero attached hydrogens (tertiary/aromatic N) is 2. The number of carbonyl (C=O) groups excluding carboxylic acids is 1. The second-order valence-corrected chi connectivity index (χ2v) is 5.74. The summed E-state index contributed by atoms with van der Waals surface area (Å²) in [6, 6.07) is 12.9. The SMILES string of the molecule is CNC(=O)/C(=N\OC)c1ccccc1/C=N/OC(C)c1cccc(C(F)F)c1. The van der Waals surface area contributed by atoms with Gasteiger partial charge in [0.15, 0.2) is 5.71 Å². The maximum atomic E-state index is 12.8. The smallest absolute Gasteiger partial charge is 0.273 e. The molecular formula is C20H21F2N3O3. The van der Waals surface area contributed by atoms with Gasteiger partial charge in [-0.05, 0) is 18.6 Å². The van der Waals surface area contributed by atoms with Gasteiger partial charge in [-0.1, -0.05) is 52.8 Å². The highest BCUT2D eigenvalue weighted by Gasteiger charge is 2.17. The van der Waals surface area contributed by atoms with Gasteiger partial charge in [-0.25, -0.2) is 8.78 Å². The van der Waals surface area contributed by atoms with Crippen LogP contribution in [0, 0.1) is 0 Å².